The van der Waals surface area contributed by atoms with Crippen LogP contribution in [0.1, 0.15) is 18.1 Å². The van der Waals surface area contributed by atoms with Gasteiger partial charge < -0.3 is 0 Å². The minimum atomic E-state index is -4.75. The molecule has 4 aromatic rings. The number of alkyl halides is 3. The zero-order valence-electron chi connectivity index (χ0n) is 17.7. The van der Waals surface area contributed by atoms with Crippen molar-refractivity contribution >= 4 is 21.1 Å². The lowest BCUT2D eigenvalue weighted by Gasteiger charge is -2.17. The molecular weight excluding hydrogens is 471 g/mol. The number of pyridine rings is 2. The van der Waals surface area contributed by atoms with Gasteiger partial charge in [-0.15, -0.1) is 0 Å². The van der Waals surface area contributed by atoms with Crippen LogP contribution < -0.4 is 4.72 Å². The Balaban J connectivity index is 1.87. The van der Waals surface area contributed by atoms with Crippen molar-refractivity contribution in [2.24, 2.45) is 0 Å². The summed E-state index contributed by atoms with van der Waals surface area (Å²) in [6.45, 7) is 2.53. The third kappa shape index (κ3) is 4.20. The van der Waals surface area contributed by atoms with E-state index in [0.717, 1.165) is 17.8 Å². The van der Waals surface area contributed by atoms with Crippen molar-refractivity contribution in [3.05, 3.63) is 60.3 Å². The van der Waals surface area contributed by atoms with E-state index in [1.165, 1.54) is 24.7 Å². The van der Waals surface area contributed by atoms with Crippen molar-refractivity contribution in [3.8, 4) is 23.3 Å². The van der Waals surface area contributed by atoms with Crippen LogP contribution in [-0.2, 0) is 10.0 Å². The molecule has 4 rings (SSSR count). The van der Waals surface area contributed by atoms with E-state index >= 15 is 0 Å². The zero-order chi connectivity index (χ0) is 24.7. The smallest absolute Gasteiger partial charge is 0.288 e. The predicted octanol–water partition coefficient (Wildman–Crippen LogP) is 3.29. The van der Waals surface area contributed by atoms with Gasteiger partial charge in [-0.05, 0) is 37.6 Å². The first-order valence-electron chi connectivity index (χ1n) is 9.76. The maximum atomic E-state index is 12.8. The van der Waals surface area contributed by atoms with Gasteiger partial charge >= 0.3 is 6.18 Å². The predicted molar refractivity (Wildman–Crippen MR) is 115 cm³/mol. The van der Waals surface area contributed by atoms with Crippen LogP contribution in [0.15, 0.2) is 54.1 Å². The van der Waals surface area contributed by atoms with Gasteiger partial charge in [-0.2, -0.15) is 23.2 Å². The maximum Gasteiger partial charge on any atom is 0.404 e. The molecule has 0 aromatic carbocycles. The number of hydrogen-bond donors (Lipinski definition) is 1. The first kappa shape index (κ1) is 23.3. The van der Waals surface area contributed by atoms with Crippen molar-refractivity contribution in [2.75, 3.05) is 0 Å². The Bertz CT molecular complexity index is 1510. The first-order chi connectivity index (χ1) is 16.0. The van der Waals surface area contributed by atoms with Gasteiger partial charge in [0.05, 0.1) is 23.1 Å². The van der Waals surface area contributed by atoms with Crippen molar-refractivity contribution < 1.29 is 21.6 Å². The molecule has 9 nitrogen and oxygen atoms in total. The number of aryl methyl sites for hydroxylation is 1. The fourth-order valence-electron chi connectivity index (χ4n) is 3.30. The number of hydrogen-bond acceptors (Lipinski definition) is 7. The molecule has 0 saturated heterocycles. The highest BCUT2D eigenvalue weighted by molar-refractivity contribution is 7.89. The molecule has 1 atom stereocenters. The summed E-state index contributed by atoms with van der Waals surface area (Å²) in [5, 5.41) is 9.89. The van der Waals surface area contributed by atoms with E-state index in [0.29, 0.717) is 23.8 Å². The van der Waals surface area contributed by atoms with Gasteiger partial charge in [0.15, 0.2) is 5.82 Å². The van der Waals surface area contributed by atoms with E-state index in [1.54, 1.807) is 15.5 Å². The molecule has 0 aliphatic rings. The number of fused-ring (bicyclic) bond motifs is 1. The van der Waals surface area contributed by atoms with Crippen LogP contribution in [0, 0.1) is 18.3 Å². The van der Waals surface area contributed by atoms with Crippen LogP contribution in [0.5, 0.6) is 0 Å². The number of rotatable bonds is 5. The van der Waals surface area contributed by atoms with Gasteiger partial charge in [-0.25, -0.2) is 13.4 Å². The minimum Gasteiger partial charge on any atom is -0.288 e. The molecule has 0 fully saturated rings. The average molecular weight is 487 g/mol. The van der Waals surface area contributed by atoms with Crippen molar-refractivity contribution in [1.82, 2.24) is 29.2 Å². The second kappa shape index (κ2) is 8.47. The monoisotopic (exact) mass is 487 g/mol. The summed E-state index contributed by atoms with van der Waals surface area (Å²) in [6, 6.07) is 4.06. The Morgan fingerprint density at radius 1 is 1.12 bits per heavy atom. The molecule has 0 spiro atoms. The molecule has 4 aromatic heterocycles. The highest BCUT2D eigenvalue weighted by Gasteiger charge is 2.39. The van der Waals surface area contributed by atoms with Crippen LogP contribution in [0.4, 0.5) is 13.2 Å². The molecule has 0 amide bonds. The van der Waals surface area contributed by atoms with E-state index in [4.69, 9.17) is 0 Å². The normalized spacial score (nSPS) is 13.1. The molecule has 0 aliphatic heterocycles. The second-order valence-corrected chi connectivity index (χ2v) is 9.09. The van der Waals surface area contributed by atoms with E-state index in [2.05, 4.69) is 26.0 Å². The Morgan fingerprint density at radius 3 is 2.47 bits per heavy atom. The highest BCUT2D eigenvalue weighted by Crippen LogP contribution is 2.34. The fourth-order valence-corrected chi connectivity index (χ4v) is 4.48. The number of nitriles is 1. The SMILES string of the molecule is Cc1cnc2c(C#N)c(-c3ccc(S(=O)(=O)N[C@@H](C)C(F)(F)F)cn3)n(-c3cnccn3)c2c1. The Kier molecular flexibility index (Phi) is 5.80. The molecule has 13 heteroatoms. The lowest BCUT2D eigenvalue weighted by atomic mass is 10.1. The molecule has 174 valence electrons. The van der Waals surface area contributed by atoms with E-state index in [-0.39, 0.29) is 17.0 Å². The number of halogens is 3. The zero-order valence-corrected chi connectivity index (χ0v) is 18.6. The first-order valence-corrected chi connectivity index (χ1v) is 11.2. The average Bonchev–Trinajstić information content (AvgIpc) is 3.12. The number of aromatic nitrogens is 5. The van der Waals surface area contributed by atoms with E-state index in [9.17, 15) is 26.9 Å². The molecule has 0 bridgehead atoms. The summed E-state index contributed by atoms with van der Waals surface area (Å²) >= 11 is 0. The molecule has 0 aliphatic carbocycles. The molecule has 0 unspecified atom stereocenters. The molecule has 0 saturated carbocycles. The Morgan fingerprint density at radius 2 is 1.88 bits per heavy atom. The van der Waals surface area contributed by atoms with Gasteiger partial charge in [0.25, 0.3) is 0 Å². The van der Waals surface area contributed by atoms with Crippen LogP contribution in [-0.4, -0.2) is 45.1 Å². The highest BCUT2D eigenvalue weighted by atomic mass is 32.2. The third-order valence-corrected chi connectivity index (χ3v) is 6.47. The van der Waals surface area contributed by atoms with Crippen LogP contribution >= 0.6 is 0 Å². The van der Waals surface area contributed by atoms with Crippen LogP contribution in [0.3, 0.4) is 0 Å². The standard InChI is InChI=1S/C21H16F3N7O2S/c1-12-7-17-19(29-9-12)15(8-25)20(31(17)18-11-26-5-6-27-18)16-4-3-14(10-28-16)34(32,33)30-13(2)21(22,23)24/h3-7,9-11,13,30H,1-2H3/t13-/m0/s1. The quantitative estimate of drug-likeness (QED) is 0.458. The van der Waals surface area contributed by atoms with Crippen LogP contribution in [0.2, 0.25) is 0 Å². The second-order valence-electron chi connectivity index (χ2n) is 7.38. The Hall–Kier alpha value is -3.89. The van der Waals surface area contributed by atoms with Crippen molar-refractivity contribution in [2.45, 2.75) is 31.0 Å². The lowest BCUT2D eigenvalue weighted by Crippen LogP contribution is -2.42. The molecule has 1 N–H and O–H groups in total. The molecular formula is C21H16F3N7O2S. The number of sulfonamides is 1. The summed E-state index contributed by atoms with van der Waals surface area (Å²) in [4.78, 5) is 16.4. The van der Waals surface area contributed by atoms with E-state index < -0.39 is 27.1 Å². The number of nitrogens with zero attached hydrogens (tertiary/aromatic N) is 6. The van der Waals surface area contributed by atoms with Gasteiger partial charge in [-0.1, -0.05) is 0 Å². The van der Waals surface area contributed by atoms with Gasteiger partial charge in [0.2, 0.25) is 10.0 Å². The summed E-state index contributed by atoms with van der Waals surface area (Å²) in [5.74, 6) is 0.371. The van der Waals surface area contributed by atoms with Gasteiger partial charge in [0.1, 0.15) is 28.1 Å². The lowest BCUT2D eigenvalue weighted by molar-refractivity contribution is -0.147. The van der Waals surface area contributed by atoms with E-state index in [1.807, 2.05) is 13.0 Å². The number of nitrogens with one attached hydrogen (secondary N) is 1. The topological polar surface area (TPSA) is 126 Å². The molecule has 4 heterocycles. The summed E-state index contributed by atoms with van der Waals surface area (Å²) in [7, 11) is -4.49. The summed E-state index contributed by atoms with van der Waals surface area (Å²) < 4.78 is 66.4. The Labute approximate surface area is 192 Å². The third-order valence-electron chi connectivity index (χ3n) is 4.95. The molecule has 34 heavy (non-hydrogen) atoms. The largest absolute Gasteiger partial charge is 0.404 e. The summed E-state index contributed by atoms with van der Waals surface area (Å²) in [6.07, 6.45) is 2.22. The minimum absolute atomic E-state index is 0.174. The van der Waals surface area contributed by atoms with Crippen LogP contribution in [0.25, 0.3) is 28.2 Å². The van der Waals surface area contributed by atoms with Gasteiger partial charge in [-0.3, -0.25) is 19.5 Å². The van der Waals surface area contributed by atoms with Crippen molar-refractivity contribution in [3.63, 3.8) is 0 Å². The summed E-state index contributed by atoms with van der Waals surface area (Å²) in [5.41, 5.74) is 2.43. The maximum absolute atomic E-state index is 12.8. The molecule has 0 radical (unpaired) electrons. The fraction of sp³-hybridized carbons (Fsp3) is 0.190. The van der Waals surface area contributed by atoms with Gasteiger partial charge in [0, 0.05) is 24.8 Å². The van der Waals surface area contributed by atoms with Crippen molar-refractivity contribution in [1.29, 1.82) is 5.26 Å².